The number of aromatic nitrogens is 3. The number of aromatic amines is 1. The highest BCUT2D eigenvalue weighted by molar-refractivity contribution is 5.98. The molecule has 1 aromatic carbocycles. The molecule has 0 fully saturated rings. The SMILES string of the molecule is CC[C@@H](C)n1nccc1NC(=O)[C@H](C)OC(=O)c1cc2ccccc2[nH]1. The second-order valence-corrected chi connectivity index (χ2v) is 6.23. The lowest BCUT2D eigenvalue weighted by Crippen LogP contribution is -2.31. The summed E-state index contributed by atoms with van der Waals surface area (Å²) in [6.45, 7) is 5.60. The van der Waals surface area contributed by atoms with Crippen LogP contribution in [-0.2, 0) is 9.53 Å². The molecule has 3 aromatic rings. The van der Waals surface area contributed by atoms with E-state index in [-0.39, 0.29) is 6.04 Å². The Morgan fingerprint density at radius 3 is 2.77 bits per heavy atom. The maximum atomic E-state index is 12.4. The van der Waals surface area contributed by atoms with Crippen molar-refractivity contribution in [3.8, 4) is 0 Å². The van der Waals surface area contributed by atoms with Crippen molar-refractivity contribution in [3.05, 3.63) is 48.3 Å². The molecule has 2 atom stereocenters. The third kappa shape index (κ3) is 3.61. The van der Waals surface area contributed by atoms with Crippen molar-refractivity contribution in [2.24, 2.45) is 0 Å². The summed E-state index contributed by atoms with van der Waals surface area (Å²) in [6, 6.07) is 11.1. The summed E-state index contributed by atoms with van der Waals surface area (Å²) < 4.78 is 7.03. The fraction of sp³-hybridized carbons (Fsp3) is 0.316. The Morgan fingerprint density at radius 1 is 1.27 bits per heavy atom. The van der Waals surface area contributed by atoms with Crippen LogP contribution in [0.15, 0.2) is 42.6 Å². The van der Waals surface area contributed by atoms with Crippen LogP contribution >= 0.6 is 0 Å². The number of anilines is 1. The Hall–Kier alpha value is -3.09. The van der Waals surface area contributed by atoms with Crippen LogP contribution in [0.3, 0.4) is 0 Å². The quantitative estimate of drug-likeness (QED) is 0.663. The Balaban J connectivity index is 1.65. The highest BCUT2D eigenvalue weighted by Gasteiger charge is 2.21. The van der Waals surface area contributed by atoms with E-state index < -0.39 is 18.0 Å². The number of benzene rings is 1. The molecular weight excluding hydrogens is 332 g/mol. The maximum absolute atomic E-state index is 12.4. The maximum Gasteiger partial charge on any atom is 0.355 e. The molecule has 2 N–H and O–H groups in total. The lowest BCUT2D eigenvalue weighted by Gasteiger charge is -2.16. The van der Waals surface area contributed by atoms with Gasteiger partial charge >= 0.3 is 5.97 Å². The number of nitrogens with one attached hydrogen (secondary N) is 2. The highest BCUT2D eigenvalue weighted by Crippen LogP contribution is 2.18. The van der Waals surface area contributed by atoms with Gasteiger partial charge in [0.2, 0.25) is 0 Å². The standard InChI is InChI=1S/C19H22N4O3/c1-4-12(2)23-17(9-10-20-23)22-18(24)13(3)26-19(25)16-11-14-7-5-6-8-15(14)21-16/h5-13,21H,4H2,1-3H3,(H,22,24)/t12-,13+/m1/s1. The van der Waals surface area contributed by atoms with Crippen LogP contribution in [0.2, 0.25) is 0 Å². The Morgan fingerprint density at radius 2 is 2.04 bits per heavy atom. The first-order valence-electron chi connectivity index (χ1n) is 8.62. The van der Waals surface area contributed by atoms with E-state index in [1.807, 2.05) is 38.1 Å². The molecule has 26 heavy (non-hydrogen) atoms. The number of amides is 1. The van der Waals surface area contributed by atoms with Gasteiger partial charge < -0.3 is 15.0 Å². The van der Waals surface area contributed by atoms with Crippen molar-refractivity contribution in [2.45, 2.75) is 39.3 Å². The largest absolute Gasteiger partial charge is 0.448 e. The van der Waals surface area contributed by atoms with E-state index in [0.717, 1.165) is 17.3 Å². The molecule has 0 saturated carbocycles. The number of para-hydroxylation sites is 1. The topological polar surface area (TPSA) is 89.0 Å². The van der Waals surface area contributed by atoms with Gasteiger partial charge in [-0.05, 0) is 32.4 Å². The molecule has 1 amide bonds. The first kappa shape index (κ1) is 17.7. The first-order valence-corrected chi connectivity index (χ1v) is 8.62. The summed E-state index contributed by atoms with van der Waals surface area (Å²) in [5, 5.41) is 7.90. The number of H-pyrrole nitrogens is 1. The molecule has 0 bridgehead atoms. The van der Waals surface area contributed by atoms with Crippen LogP contribution in [0, 0.1) is 0 Å². The molecule has 2 aromatic heterocycles. The Labute approximate surface area is 151 Å². The number of nitrogens with zero attached hydrogens (tertiary/aromatic N) is 2. The van der Waals surface area contributed by atoms with Crippen LogP contribution in [0.1, 0.15) is 43.7 Å². The van der Waals surface area contributed by atoms with E-state index in [1.54, 1.807) is 29.9 Å². The zero-order chi connectivity index (χ0) is 18.7. The van der Waals surface area contributed by atoms with Gasteiger partial charge in [0.1, 0.15) is 11.5 Å². The number of carbonyl (C=O) groups excluding carboxylic acids is 2. The first-order chi connectivity index (χ1) is 12.5. The second-order valence-electron chi connectivity index (χ2n) is 6.23. The van der Waals surface area contributed by atoms with Crippen LogP contribution in [-0.4, -0.2) is 32.7 Å². The number of ether oxygens (including phenoxy) is 1. The van der Waals surface area contributed by atoms with E-state index >= 15 is 0 Å². The monoisotopic (exact) mass is 354 g/mol. The Kier molecular flexibility index (Phi) is 5.06. The molecule has 2 heterocycles. The molecule has 3 rings (SSSR count). The van der Waals surface area contributed by atoms with Crippen molar-refractivity contribution in [1.82, 2.24) is 14.8 Å². The molecule has 7 heteroatoms. The van der Waals surface area contributed by atoms with Crippen molar-refractivity contribution in [1.29, 1.82) is 0 Å². The van der Waals surface area contributed by atoms with Crippen molar-refractivity contribution in [2.75, 3.05) is 5.32 Å². The molecule has 0 unspecified atom stereocenters. The van der Waals surface area contributed by atoms with Crippen molar-refractivity contribution < 1.29 is 14.3 Å². The molecule has 0 radical (unpaired) electrons. The van der Waals surface area contributed by atoms with Gasteiger partial charge in [-0.1, -0.05) is 25.1 Å². The predicted molar refractivity (Wildman–Crippen MR) is 99.0 cm³/mol. The molecule has 0 spiro atoms. The molecule has 0 aliphatic carbocycles. The van der Waals surface area contributed by atoms with Gasteiger partial charge in [0.25, 0.3) is 5.91 Å². The summed E-state index contributed by atoms with van der Waals surface area (Å²) in [5.74, 6) is -0.392. The normalized spacial score (nSPS) is 13.3. The molecule has 0 aliphatic heterocycles. The Bertz CT molecular complexity index is 895. The summed E-state index contributed by atoms with van der Waals surface area (Å²) in [4.78, 5) is 27.7. The zero-order valence-corrected chi connectivity index (χ0v) is 15.0. The van der Waals surface area contributed by atoms with Crippen LogP contribution < -0.4 is 5.32 Å². The van der Waals surface area contributed by atoms with Crippen molar-refractivity contribution in [3.63, 3.8) is 0 Å². The zero-order valence-electron chi connectivity index (χ0n) is 15.0. The average molecular weight is 354 g/mol. The molecule has 0 saturated heterocycles. The minimum Gasteiger partial charge on any atom is -0.448 e. The van der Waals surface area contributed by atoms with E-state index in [1.165, 1.54) is 0 Å². The van der Waals surface area contributed by atoms with Crippen molar-refractivity contribution >= 4 is 28.6 Å². The molecule has 0 aliphatic rings. The third-order valence-corrected chi connectivity index (χ3v) is 4.33. The van der Waals surface area contributed by atoms with E-state index in [9.17, 15) is 9.59 Å². The van der Waals surface area contributed by atoms with Gasteiger partial charge in [-0.25, -0.2) is 9.48 Å². The minimum atomic E-state index is -0.936. The number of fused-ring (bicyclic) bond motifs is 1. The number of hydrogen-bond acceptors (Lipinski definition) is 4. The number of carbonyl (C=O) groups is 2. The van der Waals surface area contributed by atoms with Crippen LogP contribution in [0.25, 0.3) is 10.9 Å². The van der Waals surface area contributed by atoms with E-state index in [2.05, 4.69) is 15.4 Å². The molecule has 136 valence electrons. The fourth-order valence-corrected chi connectivity index (χ4v) is 2.63. The van der Waals surface area contributed by atoms with Crippen LogP contribution in [0.5, 0.6) is 0 Å². The lowest BCUT2D eigenvalue weighted by molar-refractivity contribution is -0.123. The van der Waals surface area contributed by atoms with Gasteiger partial charge in [-0.3, -0.25) is 4.79 Å². The lowest BCUT2D eigenvalue weighted by atomic mass is 10.2. The predicted octanol–water partition coefficient (Wildman–Crippen LogP) is 3.52. The van der Waals surface area contributed by atoms with E-state index in [4.69, 9.17) is 4.74 Å². The number of hydrogen-bond donors (Lipinski definition) is 2. The smallest absolute Gasteiger partial charge is 0.355 e. The summed E-state index contributed by atoms with van der Waals surface area (Å²) in [5.41, 5.74) is 1.16. The number of rotatable bonds is 6. The molecule has 7 nitrogen and oxygen atoms in total. The summed E-state index contributed by atoms with van der Waals surface area (Å²) in [7, 11) is 0. The van der Waals surface area contributed by atoms with Gasteiger partial charge in [0.05, 0.1) is 12.2 Å². The number of esters is 1. The van der Waals surface area contributed by atoms with E-state index in [0.29, 0.717) is 11.5 Å². The average Bonchev–Trinajstić information content (AvgIpc) is 3.27. The fourth-order valence-electron chi connectivity index (χ4n) is 2.63. The molecular formula is C19H22N4O3. The highest BCUT2D eigenvalue weighted by atomic mass is 16.5. The minimum absolute atomic E-state index is 0.157. The summed E-state index contributed by atoms with van der Waals surface area (Å²) >= 11 is 0. The van der Waals surface area contributed by atoms with Gasteiger partial charge in [0, 0.05) is 17.0 Å². The van der Waals surface area contributed by atoms with Gasteiger partial charge in [-0.2, -0.15) is 5.10 Å². The second kappa shape index (κ2) is 7.43. The third-order valence-electron chi connectivity index (χ3n) is 4.33. The van der Waals surface area contributed by atoms with Gasteiger partial charge in [0.15, 0.2) is 6.10 Å². The van der Waals surface area contributed by atoms with Crippen LogP contribution in [0.4, 0.5) is 5.82 Å². The van der Waals surface area contributed by atoms with Gasteiger partial charge in [-0.15, -0.1) is 0 Å². The summed E-state index contributed by atoms with van der Waals surface area (Å²) in [6.07, 6.45) is 1.58.